The normalized spacial score (nSPS) is 22.4. The average molecular weight is 430 g/mol. The standard InChI is InChI=1S/C22H34F3N3O2/c1-6-12-30-13-18(14(3)4)28-20(26)19(15(5)7-2)21(29)27-17-10-8-16(9-11-17)22(23,24)25/h6,12,15-17H,3,7-11,13,26H2,1-2,4-5H3,(H,27,29)/b12-6-,20-19+,28-18-. The number of hydrogen-bond acceptors (Lipinski definition) is 4. The predicted octanol–water partition coefficient (Wildman–Crippen LogP) is 5.01. The van der Waals surface area contributed by atoms with Crippen molar-refractivity contribution in [2.24, 2.45) is 22.6 Å². The van der Waals surface area contributed by atoms with Gasteiger partial charge in [0.1, 0.15) is 12.4 Å². The number of nitrogens with one attached hydrogen (secondary N) is 1. The Morgan fingerprint density at radius 1 is 1.33 bits per heavy atom. The maximum Gasteiger partial charge on any atom is 0.391 e. The molecule has 0 aromatic rings. The van der Waals surface area contributed by atoms with E-state index < -0.39 is 12.1 Å². The Morgan fingerprint density at radius 3 is 2.40 bits per heavy atom. The number of alkyl halides is 3. The molecule has 1 amide bonds. The maximum absolute atomic E-state index is 12.9. The van der Waals surface area contributed by atoms with Crippen LogP contribution in [0.3, 0.4) is 0 Å². The number of nitrogens with zero attached hydrogens (tertiary/aromatic N) is 1. The summed E-state index contributed by atoms with van der Waals surface area (Å²) in [4.78, 5) is 17.3. The van der Waals surface area contributed by atoms with Crippen molar-refractivity contribution in [3.8, 4) is 0 Å². The predicted molar refractivity (Wildman–Crippen MR) is 114 cm³/mol. The Kier molecular flexibility index (Phi) is 10.2. The van der Waals surface area contributed by atoms with Gasteiger partial charge in [0.15, 0.2) is 0 Å². The molecule has 1 aliphatic carbocycles. The van der Waals surface area contributed by atoms with E-state index in [4.69, 9.17) is 10.5 Å². The van der Waals surface area contributed by atoms with E-state index in [1.165, 1.54) is 6.26 Å². The van der Waals surface area contributed by atoms with E-state index in [-0.39, 0.29) is 43.1 Å². The van der Waals surface area contributed by atoms with Crippen molar-refractivity contribution in [1.82, 2.24) is 5.32 Å². The third kappa shape index (κ3) is 7.88. The number of aliphatic imine (C=N–C) groups is 1. The molecule has 0 aliphatic heterocycles. The highest BCUT2D eigenvalue weighted by atomic mass is 19.4. The molecule has 0 heterocycles. The molecule has 0 aromatic carbocycles. The molecule has 0 spiro atoms. The number of nitrogens with two attached hydrogens (primary N) is 1. The van der Waals surface area contributed by atoms with Crippen LogP contribution in [0.2, 0.25) is 0 Å². The summed E-state index contributed by atoms with van der Waals surface area (Å²) in [5, 5.41) is 2.86. The summed E-state index contributed by atoms with van der Waals surface area (Å²) in [6.07, 6.45) is 0.376. The van der Waals surface area contributed by atoms with Crippen molar-refractivity contribution < 1.29 is 22.7 Å². The van der Waals surface area contributed by atoms with Crippen LogP contribution in [0.5, 0.6) is 0 Å². The summed E-state index contributed by atoms with van der Waals surface area (Å²) in [7, 11) is 0. The molecule has 1 aliphatic rings. The largest absolute Gasteiger partial charge is 0.495 e. The van der Waals surface area contributed by atoms with E-state index in [0.717, 1.165) is 0 Å². The van der Waals surface area contributed by atoms with Crippen LogP contribution in [0, 0.1) is 11.8 Å². The minimum absolute atomic E-state index is 0.0204. The van der Waals surface area contributed by atoms with Gasteiger partial charge in [-0.15, -0.1) is 0 Å². The number of ether oxygens (including phenoxy) is 1. The third-order valence-corrected chi connectivity index (χ3v) is 5.35. The van der Waals surface area contributed by atoms with Gasteiger partial charge in [0.05, 0.1) is 23.5 Å². The molecule has 8 heteroatoms. The number of rotatable bonds is 9. The Balaban J connectivity index is 3.00. The lowest BCUT2D eigenvalue weighted by Crippen LogP contribution is -2.41. The van der Waals surface area contributed by atoms with Crippen molar-refractivity contribution in [3.63, 3.8) is 0 Å². The SMILES string of the molecule is C=C(C)/C(CO/C=C\C)=N\C(N)=C(\C(=O)NC1CCC(C(F)(F)F)CC1)C(C)CC. The van der Waals surface area contributed by atoms with Crippen LogP contribution in [-0.2, 0) is 9.53 Å². The van der Waals surface area contributed by atoms with E-state index in [9.17, 15) is 18.0 Å². The fourth-order valence-corrected chi connectivity index (χ4v) is 3.30. The molecule has 5 nitrogen and oxygen atoms in total. The van der Waals surface area contributed by atoms with Crippen molar-refractivity contribution in [2.75, 3.05) is 6.61 Å². The summed E-state index contributed by atoms with van der Waals surface area (Å²) in [5.41, 5.74) is 7.71. The molecule has 1 fully saturated rings. The zero-order valence-electron chi connectivity index (χ0n) is 18.3. The second-order valence-corrected chi connectivity index (χ2v) is 7.79. The maximum atomic E-state index is 12.9. The van der Waals surface area contributed by atoms with E-state index in [0.29, 0.717) is 36.1 Å². The first kappa shape index (κ1) is 25.8. The van der Waals surface area contributed by atoms with Gasteiger partial charge in [0.2, 0.25) is 0 Å². The van der Waals surface area contributed by atoms with Gasteiger partial charge in [-0.05, 0) is 57.4 Å². The molecule has 1 saturated carbocycles. The van der Waals surface area contributed by atoms with E-state index in [2.05, 4.69) is 16.9 Å². The number of carbonyl (C=O) groups is 1. The van der Waals surface area contributed by atoms with Crippen LogP contribution in [0.4, 0.5) is 13.2 Å². The lowest BCUT2D eigenvalue weighted by atomic mass is 9.85. The van der Waals surface area contributed by atoms with Crippen molar-refractivity contribution in [2.45, 2.75) is 72.0 Å². The van der Waals surface area contributed by atoms with E-state index in [1.807, 2.05) is 20.8 Å². The fourth-order valence-electron chi connectivity index (χ4n) is 3.30. The highest BCUT2D eigenvalue weighted by molar-refractivity contribution is 6.01. The molecule has 0 aromatic heterocycles. The van der Waals surface area contributed by atoms with Crippen LogP contribution >= 0.6 is 0 Å². The van der Waals surface area contributed by atoms with Crippen LogP contribution in [-0.4, -0.2) is 30.4 Å². The van der Waals surface area contributed by atoms with Crippen molar-refractivity contribution in [3.05, 3.63) is 35.9 Å². The van der Waals surface area contributed by atoms with Gasteiger partial charge in [0, 0.05) is 6.04 Å². The minimum Gasteiger partial charge on any atom is -0.495 e. The molecule has 1 unspecified atom stereocenters. The zero-order valence-corrected chi connectivity index (χ0v) is 18.3. The fraction of sp³-hybridized carbons (Fsp3) is 0.636. The monoisotopic (exact) mass is 429 g/mol. The minimum atomic E-state index is -4.18. The molecule has 0 saturated heterocycles. The lowest BCUT2D eigenvalue weighted by molar-refractivity contribution is -0.182. The molecule has 1 rings (SSSR count). The van der Waals surface area contributed by atoms with Crippen molar-refractivity contribution >= 4 is 11.6 Å². The first-order valence-electron chi connectivity index (χ1n) is 10.3. The van der Waals surface area contributed by atoms with E-state index >= 15 is 0 Å². The Labute approximate surface area is 177 Å². The lowest BCUT2D eigenvalue weighted by Gasteiger charge is -2.31. The number of hydrogen-bond donors (Lipinski definition) is 2. The zero-order chi connectivity index (χ0) is 22.9. The number of halogens is 3. The Hall–Kier alpha value is -2.25. The molecule has 0 radical (unpaired) electrons. The summed E-state index contributed by atoms with van der Waals surface area (Å²) in [6.45, 7) is 11.4. The van der Waals surface area contributed by atoms with Crippen LogP contribution in [0.25, 0.3) is 0 Å². The first-order chi connectivity index (χ1) is 14.0. The molecule has 3 N–H and O–H groups in total. The Bertz CT molecular complexity index is 688. The van der Waals surface area contributed by atoms with Crippen LogP contribution < -0.4 is 11.1 Å². The van der Waals surface area contributed by atoms with Crippen LogP contribution in [0.15, 0.2) is 40.9 Å². The quantitative estimate of drug-likeness (QED) is 0.307. The molecular weight excluding hydrogens is 395 g/mol. The summed E-state index contributed by atoms with van der Waals surface area (Å²) in [6, 6.07) is -0.300. The smallest absolute Gasteiger partial charge is 0.391 e. The Morgan fingerprint density at radius 2 is 1.93 bits per heavy atom. The number of allylic oxidation sites excluding steroid dienone is 1. The van der Waals surface area contributed by atoms with Gasteiger partial charge >= 0.3 is 6.18 Å². The van der Waals surface area contributed by atoms with Gasteiger partial charge < -0.3 is 15.8 Å². The average Bonchev–Trinajstić information content (AvgIpc) is 2.66. The van der Waals surface area contributed by atoms with Gasteiger partial charge in [-0.2, -0.15) is 13.2 Å². The van der Waals surface area contributed by atoms with Gasteiger partial charge in [0.25, 0.3) is 5.91 Å². The highest BCUT2D eigenvalue weighted by Gasteiger charge is 2.41. The molecule has 1 atom stereocenters. The summed E-state index contributed by atoms with van der Waals surface area (Å²) in [5.74, 6) is -1.76. The van der Waals surface area contributed by atoms with Crippen LogP contribution in [0.1, 0.15) is 59.8 Å². The highest BCUT2D eigenvalue weighted by Crippen LogP contribution is 2.37. The van der Waals surface area contributed by atoms with E-state index in [1.54, 1.807) is 13.0 Å². The first-order valence-corrected chi connectivity index (χ1v) is 10.3. The summed E-state index contributed by atoms with van der Waals surface area (Å²) < 4.78 is 44.0. The third-order valence-electron chi connectivity index (χ3n) is 5.35. The van der Waals surface area contributed by atoms with Crippen molar-refractivity contribution in [1.29, 1.82) is 0 Å². The molecule has 30 heavy (non-hydrogen) atoms. The number of carbonyl (C=O) groups excluding carboxylic acids is 1. The van der Waals surface area contributed by atoms with Gasteiger partial charge in [-0.3, -0.25) is 4.79 Å². The summed E-state index contributed by atoms with van der Waals surface area (Å²) >= 11 is 0. The second kappa shape index (κ2) is 11.8. The molecule has 170 valence electrons. The topological polar surface area (TPSA) is 76.7 Å². The second-order valence-electron chi connectivity index (χ2n) is 7.79. The number of amides is 1. The van der Waals surface area contributed by atoms with Gasteiger partial charge in [-0.1, -0.05) is 26.5 Å². The van der Waals surface area contributed by atoms with Gasteiger partial charge in [-0.25, -0.2) is 4.99 Å². The molecule has 0 bridgehead atoms. The molecular formula is C22H34F3N3O2.